The van der Waals surface area contributed by atoms with Crippen LogP contribution in [0, 0.1) is 11.8 Å². The second-order valence-corrected chi connectivity index (χ2v) is 7.85. The number of nitrogens with zero attached hydrogens (tertiary/aromatic N) is 1. The average molecular weight is 375 g/mol. The third-order valence-corrected chi connectivity index (χ3v) is 5.43. The van der Waals surface area contributed by atoms with Gasteiger partial charge in [0.1, 0.15) is 5.52 Å². The Labute approximate surface area is 162 Å². The number of oxazole rings is 1. The van der Waals surface area contributed by atoms with E-state index in [1.807, 2.05) is 18.2 Å². The monoisotopic (exact) mass is 375 g/mol. The third-order valence-electron chi connectivity index (χ3n) is 5.43. The lowest BCUT2D eigenvalue weighted by Crippen LogP contribution is -2.16. The summed E-state index contributed by atoms with van der Waals surface area (Å²) in [5.74, 6) is 1.55. The summed E-state index contributed by atoms with van der Waals surface area (Å²) in [6.45, 7) is 2.06. The van der Waals surface area contributed by atoms with Crippen LogP contribution in [0.25, 0.3) is 11.1 Å². The lowest BCUT2D eigenvalue weighted by molar-refractivity contribution is -0.117. The maximum Gasteiger partial charge on any atom is 0.255 e. The molecule has 5 rings (SSSR count). The van der Waals surface area contributed by atoms with Crippen molar-refractivity contribution in [2.45, 2.75) is 32.1 Å². The van der Waals surface area contributed by atoms with Crippen LogP contribution in [0.15, 0.2) is 46.9 Å². The van der Waals surface area contributed by atoms with Gasteiger partial charge in [-0.1, -0.05) is 13.0 Å². The maximum atomic E-state index is 12.6. The highest BCUT2D eigenvalue weighted by molar-refractivity contribution is 6.06. The Kier molecular flexibility index (Phi) is 3.93. The number of nitrogens with one attached hydrogen (secondary N) is 2. The average Bonchev–Trinajstić information content (AvgIpc) is 3.60. The molecule has 2 amide bonds. The van der Waals surface area contributed by atoms with Crippen LogP contribution in [0.1, 0.15) is 48.4 Å². The van der Waals surface area contributed by atoms with Crippen LogP contribution in [0.4, 0.5) is 11.4 Å². The number of amides is 2. The van der Waals surface area contributed by atoms with E-state index in [2.05, 4.69) is 22.5 Å². The van der Waals surface area contributed by atoms with Gasteiger partial charge in [-0.15, -0.1) is 0 Å². The van der Waals surface area contributed by atoms with Crippen molar-refractivity contribution in [3.63, 3.8) is 0 Å². The topological polar surface area (TPSA) is 84.2 Å². The van der Waals surface area contributed by atoms with Crippen molar-refractivity contribution in [2.75, 3.05) is 10.6 Å². The van der Waals surface area contributed by atoms with Crippen LogP contribution in [-0.2, 0) is 4.79 Å². The van der Waals surface area contributed by atoms with Crippen LogP contribution >= 0.6 is 0 Å². The van der Waals surface area contributed by atoms with E-state index < -0.39 is 0 Å². The molecule has 1 aromatic heterocycles. The predicted molar refractivity (Wildman–Crippen MR) is 106 cm³/mol. The van der Waals surface area contributed by atoms with Crippen LogP contribution < -0.4 is 10.6 Å². The second kappa shape index (κ2) is 6.48. The smallest absolute Gasteiger partial charge is 0.255 e. The van der Waals surface area contributed by atoms with Gasteiger partial charge in [0.25, 0.3) is 5.91 Å². The number of benzene rings is 2. The van der Waals surface area contributed by atoms with Crippen molar-refractivity contribution >= 4 is 34.3 Å². The number of carbonyl (C=O) groups excluding carboxylic acids is 2. The Bertz CT molecular complexity index is 1080. The van der Waals surface area contributed by atoms with Gasteiger partial charge >= 0.3 is 0 Å². The highest BCUT2D eigenvalue weighted by atomic mass is 16.3. The van der Waals surface area contributed by atoms with Crippen LogP contribution in [0.3, 0.4) is 0 Å². The van der Waals surface area contributed by atoms with Gasteiger partial charge in [-0.2, -0.15) is 0 Å². The van der Waals surface area contributed by atoms with Crippen LogP contribution in [-0.4, -0.2) is 16.8 Å². The fraction of sp³-hybridized carbons (Fsp3) is 0.318. The summed E-state index contributed by atoms with van der Waals surface area (Å²) in [5.41, 5.74) is 3.27. The summed E-state index contributed by atoms with van der Waals surface area (Å²) in [5, 5.41) is 5.79. The maximum absolute atomic E-state index is 12.6. The summed E-state index contributed by atoms with van der Waals surface area (Å²) in [4.78, 5) is 29.3. The van der Waals surface area contributed by atoms with E-state index >= 15 is 0 Å². The molecule has 0 aliphatic heterocycles. The van der Waals surface area contributed by atoms with Crippen molar-refractivity contribution in [1.82, 2.24) is 4.98 Å². The Hall–Kier alpha value is -3.15. The fourth-order valence-corrected chi connectivity index (χ4v) is 3.39. The summed E-state index contributed by atoms with van der Waals surface area (Å²) in [6, 6.07) is 12.4. The highest BCUT2D eigenvalue weighted by Gasteiger charge is 2.39. The number of carbonyl (C=O) groups is 2. The molecule has 2 aliphatic carbocycles. The largest absolute Gasteiger partial charge is 0.440 e. The zero-order chi connectivity index (χ0) is 19.3. The Balaban J connectivity index is 1.30. The minimum absolute atomic E-state index is 0.0213. The van der Waals surface area contributed by atoms with E-state index in [1.54, 1.807) is 24.3 Å². The fourth-order valence-electron chi connectivity index (χ4n) is 3.39. The molecule has 2 aromatic carbocycles. The predicted octanol–water partition coefficient (Wildman–Crippen LogP) is 4.55. The summed E-state index contributed by atoms with van der Waals surface area (Å²) >= 11 is 0. The van der Waals surface area contributed by atoms with Crippen molar-refractivity contribution < 1.29 is 14.0 Å². The molecule has 0 radical (unpaired) electrons. The van der Waals surface area contributed by atoms with E-state index in [1.165, 1.54) is 0 Å². The highest BCUT2D eigenvalue weighted by Crippen LogP contribution is 2.41. The molecule has 3 aromatic rings. The minimum atomic E-state index is -0.235. The molecular weight excluding hydrogens is 354 g/mol. The molecule has 28 heavy (non-hydrogen) atoms. The molecule has 0 spiro atoms. The quantitative estimate of drug-likeness (QED) is 0.685. The lowest BCUT2D eigenvalue weighted by atomic mass is 10.1. The zero-order valence-corrected chi connectivity index (χ0v) is 15.6. The van der Waals surface area contributed by atoms with Crippen molar-refractivity contribution in [3.05, 3.63) is 53.9 Å². The summed E-state index contributed by atoms with van der Waals surface area (Å²) in [6.07, 6.45) is 3.19. The lowest BCUT2D eigenvalue weighted by Gasteiger charge is -2.08. The van der Waals surface area contributed by atoms with Gasteiger partial charge in [-0.25, -0.2) is 4.98 Å². The first-order valence-electron chi connectivity index (χ1n) is 9.69. The number of rotatable bonds is 5. The minimum Gasteiger partial charge on any atom is -0.440 e. The number of anilines is 2. The first-order chi connectivity index (χ1) is 13.6. The van der Waals surface area contributed by atoms with Gasteiger partial charge in [0.15, 0.2) is 11.5 Å². The molecule has 2 fully saturated rings. The van der Waals surface area contributed by atoms with Gasteiger partial charge in [0.2, 0.25) is 5.91 Å². The number of hydrogen-bond donors (Lipinski definition) is 2. The molecule has 6 nitrogen and oxygen atoms in total. The molecule has 0 bridgehead atoms. The van der Waals surface area contributed by atoms with E-state index in [0.717, 1.165) is 36.3 Å². The number of aromatic nitrogens is 1. The Morgan fingerprint density at radius 2 is 1.86 bits per heavy atom. The van der Waals surface area contributed by atoms with E-state index in [-0.39, 0.29) is 17.7 Å². The first-order valence-corrected chi connectivity index (χ1v) is 9.69. The molecule has 2 saturated carbocycles. The first kappa shape index (κ1) is 17.0. The Morgan fingerprint density at radius 3 is 2.61 bits per heavy atom. The van der Waals surface area contributed by atoms with Gasteiger partial charge in [-0.3, -0.25) is 9.59 Å². The van der Waals surface area contributed by atoms with Gasteiger partial charge in [0.05, 0.1) is 0 Å². The molecule has 142 valence electrons. The standard InChI is InChI=1S/C22H21N3O3/c1-12-9-17(12)21(27)24-15-4-2-3-14(10-15)20(26)23-16-7-8-19-18(11-16)25-22(28-19)13-5-6-13/h2-4,7-8,10-13,17H,5-6,9H2,1H3,(H,23,26)(H,24,27). The second-order valence-electron chi connectivity index (χ2n) is 7.85. The van der Waals surface area contributed by atoms with E-state index in [9.17, 15) is 9.59 Å². The van der Waals surface area contributed by atoms with Crippen LogP contribution in [0.2, 0.25) is 0 Å². The molecule has 2 unspecified atom stereocenters. The van der Waals surface area contributed by atoms with Crippen molar-refractivity contribution in [3.8, 4) is 0 Å². The Morgan fingerprint density at radius 1 is 1.07 bits per heavy atom. The SMILES string of the molecule is CC1CC1C(=O)Nc1cccc(C(=O)Nc2ccc3oc(C4CC4)nc3c2)c1. The van der Waals surface area contributed by atoms with Crippen molar-refractivity contribution in [2.24, 2.45) is 11.8 Å². The normalized spacial score (nSPS) is 20.8. The third kappa shape index (κ3) is 3.38. The number of fused-ring (bicyclic) bond motifs is 1. The molecule has 2 aliphatic rings. The summed E-state index contributed by atoms with van der Waals surface area (Å²) < 4.78 is 5.76. The van der Waals surface area contributed by atoms with E-state index in [4.69, 9.17) is 4.42 Å². The molecule has 0 saturated heterocycles. The van der Waals surface area contributed by atoms with E-state index in [0.29, 0.717) is 28.8 Å². The molecule has 2 N–H and O–H groups in total. The van der Waals surface area contributed by atoms with Crippen molar-refractivity contribution in [1.29, 1.82) is 0 Å². The zero-order valence-electron chi connectivity index (χ0n) is 15.6. The molecule has 2 atom stereocenters. The molecule has 1 heterocycles. The molecule has 6 heteroatoms. The van der Waals surface area contributed by atoms with Gasteiger partial charge in [0, 0.05) is 28.8 Å². The van der Waals surface area contributed by atoms with Crippen LogP contribution in [0.5, 0.6) is 0 Å². The van der Waals surface area contributed by atoms with Gasteiger partial charge < -0.3 is 15.1 Å². The summed E-state index contributed by atoms with van der Waals surface area (Å²) in [7, 11) is 0. The van der Waals surface area contributed by atoms with Gasteiger partial charge in [-0.05, 0) is 61.6 Å². The molecular formula is C22H21N3O3. The number of hydrogen-bond acceptors (Lipinski definition) is 4.